The van der Waals surface area contributed by atoms with Crippen molar-refractivity contribution in [2.75, 3.05) is 13.2 Å². The van der Waals surface area contributed by atoms with Crippen LogP contribution in [0.1, 0.15) is 38.3 Å². The van der Waals surface area contributed by atoms with Crippen LogP contribution in [0, 0.1) is 5.92 Å². The Balaban J connectivity index is 1.59. The van der Waals surface area contributed by atoms with Crippen LogP contribution in [0.2, 0.25) is 0 Å². The van der Waals surface area contributed by atoms with Gasteiger partial charge >= 0.3 is 0 Å². The number of hydrogen-bond acceptors (Lipinski definition) is 5. The number of ether oxygens (including phenoxy) is 1. The van der Waals surface area contributed by atoms with Gasteiger partial charge in [0.2, 0.25) is 0 Å². The number of nitrogens with zero attached hydrogens (tertiary/aromatic N) is 2. The van der Waals surface area contributed by atoms with Crippen molar-refractivity contribution in [2.24, 2.45) is 5.92 Å². The van der Waals surface area contributed by atoms with Crippen molar-refractivity contribution in [3.8, 4) is 0 Å². The van der Waals surface area contributed by atoms with Gasteiger partial charge in [0.05, 0.1) is 24.5 Å². The van der Waals surface area contributed by atoms with Gasteiger partial charge in [0, 0.05) is 19.3 Å². The van der Waals surface area contributed by atoms with E-state index >= 15 is 0 Å². The van der Waals surface area contributed by atoms with Crippen LogP contribution in [0.5, 0.6) is 0 Å². The Morgan fingerprint density at radius 2 is 2.30 bits per heavy atom. The maximum Gasteiger partial charge on any atom is 0.115 e. The van der Waals surface area contributed by atoms with Crippen molar-refractivity contribution in [3.63, 3.8) is 0 Å². The standard InChI is InChI=1S/C15H25N3O2/c1-12-4-2-3-5-15(12)20-10-14(19)9-17-8-13-6-7-16-11-18-13/h6-7,11-12,14-15,17,19H,2-5,8-10H2,1H3. The van der Waals surface area contributed by atoms with Crippen LogP contribution in [-0.4, -0.2) is 40.4 Å². The Kier molecular flexibility index (Phi) is 6.36. The molecule has 1 aliphatic carbocycles. The number of hydrogen-bond donors (Lipinski definition) is 2. The molecule has 5 nitrogen and oxygen atoms in total. The highest BCUT2D eigenvalue weighted by Gasteiger charge is 2.22. The molecule has 2 N–H and O–H groups in total. The van der Waals surface area contributed by atoms with Crippen molar-refractivity contribution in [1.29, 1.82) is 0 Å². The topological polar surface area (TPSA) is 67.3 Å². The summed E-state index contributed by atoms with van der Waals surface area (Å²) in [4.78, 5) is 7.99. The van der Waals surface area contributed by atoms with Crippen LogP contribution in [0.15, 0.2) is 18.6 Å². The number of nitrogens with one attached hydrogen (secondary N) is 1. The predicted molar refractivity (Wildman–Crippen MR) is 77.1 cm³/mol. The SMILES string of the molecule is CC1CCCCC1OCC(O)CNCc1ccncn1. The average molecular weight is 279 g/mol. The zero-order valence-corrected chi connectivity index (χ0v) is 12.2. The van der Waals surface area contributed by atoms with E-state index in [4.69, 9.17) is 4.74 Å². The molecule has 0 spiro atoms. The zero-order chi connectivity index (χ0) is 14.2. The van der Waals surface area contributed by atoms with Crippen molar-refractivity contribution in [2.45, 2.75) is 51.4 Å². The summed E-state index contributed by atoms with van der Waals surface area (Å²) in [5, 5.41) is 13.1. The lowest BCUT2D eigenvalue weighted by Crippen LogP contribution is -2.34. The molecule has 1 fully saturated rings. The molecule has 0 amide bonds. The van der Waals surface area contributed by atoms with Crippen LogP contribution >= 0.6 is 0 Å². The maximum absolute atomic E-state index is 9.92. The Labute approximate surface area is 120 Å². The lowest BCUT2D eigenvalue weighted by molar-refractivity contribution is -0.0452. The van der Waals surface area contributed by atoms with Gasteiger partial charge in [-0.25, -0.2) is 9.97 Å². The largest absolute Gasteiger partial charge is 0.389 e. The Hall–Kier alpha value is -1.04. The van der Waals surface area contributed by atoms with E-state index in [9.17, 15) is 5.11 Å². The second-order valence-corrected chi connectivity index (χ2v) is 5.62. The quantitative estimate of drug-likeness (QED) is 0.792. The third-order valence-corrected chi connectivity index (χ3v) is 3.86. The summed E-state index contributed by atoms with van der Waals surface area (Å²) >= 11 is 0. The molecule has 3 atom stereocenters. The minimum absolute atomic E-state index is 0.320. The summed E-state index contributed by atoms with van der Waals surface area (Å²) < 4.78 is 5.84. The normalized spacial score (nSPS) is 24.5. The number of rotatable bonds is 7. The first-order valence-corrected chi connectivity index (χ1v) is 7.51. The van der Waals surface area contributed by atoms with Crippen LogP contribution in [0.3, 0.4) is 0 Å². The minimum atomic E-state index is -0.467. The molecule has 0 radical (unpaired) electrons. The van der Waals surface area contributed by atoms with Gasteiger partial charge in [0.25, 0.3) is 0 Å². The second kappa shape index (κ2) is 8.29. The zero-order valence-electron chi connectivity index (χ0n) is 12.2. The molecule has 1 aliphatic rings. The predicted octanol–water partition coefficient (Wildman–Crippen LogP) is 1.52. The molecule has 1 heterocycles. The van der Waals surface area contributed by atoms with Gasteiger partial charge < -0.3 is 15.2 Å². The molecule has 5 heteroatoms. The molecule has 2 rings (SSSR count). The van der Waals surface area contributed by atoms with Crippen molar-refractivity contribution in [3.05, 3.63) is 24.3 Å². The van der Waals surface area contributed by atoms with Gasteiger partial charge in [-0.15, -0.1) is 0 Å². The molecule has 112 valence electrons. The third-order valence-electron chi connectivity index (χ3n) is 3.86. The first kappa shape index (κ1) is 15.4. The van der Waals surface area contributed by atoms with Crippen LogP contribution in [0.25, 0.3) is 0 Å². The van der Waals surface area contributed by atoms with E-state index in [0.29, 0.717) is 31.7 Å². The second-order valence-electron chi connectivity index (χ2n) is 5.62. The van der Waals surface area contributed by atoms with Crippen molar-refractivity contribution in [1.82, 2.24) is 15.3 Å². The van der Waals surface area contributed by atoms with E-state index in [1.807, 2.05) is 6.07 Å². The average Bonchev–Trinajstić information content (AvgIpc) is 2.47. The highest BCUT2D eigenvalue weighted by Crippen LogP contribution is 2.26. The summed E-state index contributed by atoms with van der Waals surface area (Å²) in [6.45, 7) is 3.81. The smallest absolute Gasteiger partial charge is 0.115 e. The van der Waals surface area contributed by atoms with Gasteiger partial charge in [-0.05, 0) is 24.8 Å². The molecule has 0 aromatic carbocycles. The monoisotopic (exact) mass is 279 g/mol. The fourth-order valence-electron chi connectivity index (χ4n) is 2.61. The first-order valence-electron chi connectivity index (χ1n) is 7.51. The lowest BCUT2D eigenvalue weighted by atomic mass is 9.88. The summed E-state index contributed by atoms with van der Waals surface area (Å²) in [6.07, 6.45) is 8.02. The van der Waals surface area contributed by atoms with Gasteiger partial charge in [-0.3, -0.25) is 0 Å². The maximum atomic E-state index is 9.92. The summed E-state index contributed by atoms with van der Waals surface area (Å²) in [6, 6.07) is 1.86. The Morgan fingerprint density at radius 1 is 1.45 bits per heavy atom. The molecule has 20 heavy (non-hydrogen) atoms. The molecule has 3 unspecified atom stereocenters. The molecular weight excluding hydrogens is 254 g/mol. The van der Waals surface area contributed by atoms with E-state index in [2.05, 4.69) is 22.2 Å². The summed E-state index contributed by atoms with van der Waals surface area (Å²) in [5.41, 5.74) is 0.925. The van der Waals surface area contributed by atoms with Crippen LogP contribution < -0.4 is 5.32 Å². The summed E-state index contributed by atoms with van der Waals surface area (Å²) in [7, 11) is 0. The fourth-order valence-corrected chi connectivity index (χ4v) is 2.61. The minimum Gasteiger partial charge on any atom is -0.389 e. The number of aliphatic hydroxyl groups is 1. The fraction of sp³-hybridized carbons (Fsp3) is 0.733. The molecule has 1 aromatic rings. The van der Waals surface area contributed by atoms with E-state index in [-0.39, 0.29) is 0 Å². The lowest BCUT2D eigenvalue weighted by Gasteiger charge is -2.29. The van der Waals surface area contributed by atoms with Crippen molar-refractivity contribution >= 4 is 0 Å². The highest BCUT2D eigenvalue weighted by molar-refractivity contribution is 4.96. The van der Waals surface area contributed by atoms with Crippen molar-refractivity contribution < 1.29 is 9.84 Å². The van der Waals surface area contributed by atoms with E-state index in [0.717, 1.165) is 12.1 Å². The van der Waals surface area contributed by atoms with Gasteiger partial charge in [-0.2, -0.15) is 0 Å². The number of aliphatic hydroxyl groups excluding tert-OH is 1. The molecule has 1 saturated carbocycles. The van der Waals surface area contributed by atoms with E-state index < -0.39 is 6.10 Å². The van der Waals surface area contributed by atoms with E-state index in [1.165, 1.54) is 25.6 Å². The molecular formula is C15H25N3O2. The highest BCUT2D eigenvalue weighted by atomic mass is 16.5. The van der Waals surface area contributed by atoms with Gasteiger partial charge in [-0.1, -0.05) is 19.8 Å². The van der Waals surface area contributed by atoms with Gasteiger partial charge in [0.15, 0.2) is 0 Å². The molecule has 0 aliphatic heterocycles. The third kappa shape index (κ3) is 5.15. The number of aromatic nitrogens is 2. The van der Waals surface area contributed by atoms with Gasteiger partial charge in [0.1, 0.15) is 6.33 Å². The Morgan fingerprint density at radius 3 is 3.05 bits per heavy atom. The summed E-state index contributed by atoms with van der Waals surface area (Å²) in [5.74, 6) is 0.616. The van der Waals surface area contributed by atoms with Crippen LogP contribution in [-0.2, 0) is 11.3 Å². The first-order chi connectivity index (χ1) is 9.75. The molecule has 1 aromatic heterocycles. The van der Waals surface area contributed by atoms with Crippen LogP contribution in [0.4, 0.5) is 0 Å². The molecule has 0 bridgehead atoms. The molecule has 0 saturated heterocycles. The Bertz CT molecular complexity index is 375. The van der Waals surface area contributed by atoms with E-state index in [1.54, 1.807) is 6.20 Å².